The van der Waals surface area contributed by atoms with Crippen LogP contribution in [0.3, 0.4) is 0 Å². The SMILES string of the molecule is CC(C)Oc1ccccc1Nc1nccc(N2CCc3ccccc3C2)n1. The standard InChI is InChI=1S/C22H24N4O/c1-16(2)27-20-10-6-5-9-19(20)24-22-23-13-11-21(25-22)26-14-12-17-7-3-4-8-18(17)15-26/h3-11,13,16H,12,14-15H2,1-2H3,(H,23,24,25). The van der Waals surface area contributed by atoms with Gasteiger partial charge < -0.3 is 15.0 Å². The van der Waals surface area contributed by atoms with Crippen LogP contribution in [0.15, 0.2) is 60.8 Å². The molecule has 0 radical (unpaired) electrons. The zero-order valence-electron chi connectivity index (χ0n) is 15.7. The Kier molecular flexibility index (Phi) is 4.92. The highest BCUT2D eigenvalue weighted by atomic mass is 16.5. The topological polar surface area (TPSA) is 50.3 Å². The number of fused-ring (bicyclic) bond motifs is 1. The Morgan fingerprint density at radius 1 is 1.00 bits per heavy atom. The van der Waals surface area contributed by atoms with Crippen LogP contribution < -0.4 is 15.0 Å². The lowest BCUT2D eigenvalue weighted by atomic mass is 10.00. The normalized spacial score (nSPS) is 13.4. The zero-order valence-corrected chi connectivity index (χ0v) is 15.7. The van der Waals surface area contributed by atoms with Crippen LogP contribution >= 0.6 is 0 Å². The van der Waals surface area contributed by atoms with E-state index in [1.54, 1.807) is 6.20 Å². The lowest BCUT2D eigenvalue weighted by molar-refractivity contribution is 0.244. The molecule has 5 heteroatoms. The van der Waals surface area contributed by atoms with Gasteiger partial charge in [0.2, 0.25) is 5.95 Å². The fourth-order valence-electron chi connectivity index (χ4n) is 3.32. The van der Waals surface area contributed by atoms with Crippen LogP contribution in [0.25, 0.3) is 0 Å². The number of benzene rings is 2. The number of aromatic nitrogens is 2. The fraction of sp³-hybridized carbons (Fsp3) is 0.273. The molecule has 138 valence electrons. The lowest BCUT2D eigenvalue weighted by Gasteiger charge is -2.29. The molecule has 1 aromatic heterocycles. The summed E-state index contributed by atoms with van der Waals surface area (Å²) in [6.07, 6.45) is 2.94. The molecule has 4 rings (SSSR count). The van der Waals surface area contributed by atoms with Crippen LogP contribution in [0.2, 0.25) is 0 Å². The van der Waals surface area contributed by atoms with Crippen molar-refractivity contribution in [2.45, 2.75) is 32.9 Å². The molecule has 2 aromatic carbocycles. The molecule has 2 heterocycles. The Morgan fingerprint density at radius 3 is 2.63 bits per heavy atom. The highest BCUT2D eigenvalue weighted by Crippen LogP contribution is 2.28. The zero-order chi connectivity index (χ0) is 18.6. The Bertz CT molecular complexity index is 925. The number of rotatable bonds is 5. The van der Waals surface area contributed by atoms with E-state index in [1.807, 2.05) is 44.2 Å². The molecule has 0 amide bonds. The Hall–Kier alpha value is -3.08. The van der Waals surface area contributed by atoms with Crippen molar-refractivity contribution in [3.05, 3.63) is 71.9 Å². The highest BCUT2D eigenvalue weighted by Gasteiger charge is 2.17. The summed E-state index contributed by atoms with van der Waals surface area (Å²) in [5.74, 6) is 2.31. The van der Waals surface area contributed by atoms with Gasteiger partial charge in [0.25, 0.3) is 0 Å². The molecule has 0 unspecified atom stereocenters. The van der Waals surface area contributed by atoms with Crippen LogP contribution in [0.4, 0.5) is 17.5 Å². The number of anilines is 3. The highest BCUT2D eigenvalue weighted by molar-refractivity contribution is 5.63. The molecule has 0 saturated heterocycles. The van der Waals surface area contributed by atoms with E-state index < -0.39 is 0 Å². The van der Waals surface area contributed by atoms with E-state index >= 15 is 0 Å². The second-order valence-corrected chi connectivity index (χ2v) is 6.97. The molecule has 1 N–H and O–H groups in total. The first-order chi connectivity index (χ1) is 13.2. The first-order valence-electron chi connectivity index (χ1n) is 9.36. The van der Waals surface area contributed by atoms with Crippen LogP contribution in [0.5, 0.6) is 5.75 Å². The summed E-state index contributed by atoms with van der Waals surface area (Å²) in [6, 6.07) is 18.5. The first kappa shape index (κ1) is 17.3. The van der Waals surface area contributed by atoms with Gasteiger partial charge in [-0.25, -0.2) is 4.98 Å². The van der Waals surface area contributed by atoms with Crippen molar-refractivity contribution in [2.75, 3.05) is 16.8 Å². The van der Waals surface area contributed by atoms with Crippen molar-refractivity contribution < 1.29 is 4.74 Å². The summed E-state index contributed by atoms with van der Waals surface area (Å²) in [6.45, 7) is 5.87. The largest absolute Gasteiger partial charge is 0.489 e. The predicted molar refractivity (Wildman–Crippen MR) is 109 cm³/mol. The van der Waals surface area contributed by atoms with Crippen LogP contribution in [0.1, 0.15) is 25.0 Å². The molecule has 27 heavy (non-hydrogen) atoms. The average molecular weight is 360 g/mol. The van der Waals surface area contributed by atoms with E-state index in [1.165, 1.54) is 11.1 Å². The number of hydrogen-bond donors (Lipinski definition) is 1. The molecule has 3 aromatic rings. The second kappa shape index (κ2) is 7.66. The molecule has 5 nitrogen and oxygen atoms in total. The van der Waals surface area contributed by atoms with Gasteiger partial charge in [-0.15, -0.1) is 0 Å². The van der Waals surface area contributed by atoms with E-state index in [0.29, 0.717) is 5.95 Å². The summed E-state index contributed by atoms with van der Waals surface area (Å²) in [5, 5.41) is 3.30. The number of nitrogens with zero attached hydrogens (tertiary/aromatic N) is 3. The molecule has 0 aliphatic carbocycles. The molecular formula is C22H24N4O. The molecule has 0 bridgehead atoms. The van der Waals surface area contributed by atoms with Gasteiger partial charge in [-0.2, -0.15) is 4.98 Å². The van der Waals surface area contributed by atoms with Crippen molar-refractivity contribution in [3.8, 4) is 5.75 Å². The van der Waals surface area contributed by atoms with Crippen molar-refractivity contribution in [1.82, 2.24) is 9.97 Å². The number of nitrogens with one attached hydrogen (secondary N) is 1. The van der Waals surface area contributed by atoms with E-state index in [-0.39, 0.29) is 6.10 Å². The summed E-state index contributed by atoms with van der Waals surface area (Å²) in [5.41, 5.74) is 3.67. The van der Waals surface area contributed by atoms with Crippen molar-refractivity contribution in [2.24, 2.45) is 0 Å². The van der Waals surface area contributed by atoms with Gasteiger partial charge in [0.1, 0.15) is 11.6 Å². The first-order valence-corrected chi connectivity index (χ1v) is 9.36. The monoisotopic (exact) mass is 360 g/mol. The summed E-state index contributed by atoms with van der Waals surface area (Å²) in [7, 11) is 0. The van der Waals surface area contributed by atoms with Gasteiger partial charge in [-0.05, 0) is 49.6 Å². The Labute approximate surface area is 160 Å². The third-order valence-corrected chi connectivity index (χ3v) is 4.59. The van der Waals surface area contributed by atoms with E-state index in [4.69, 9.17) is 9.72 Å². The van der Waals surface area contributed by atoms with Gasteiger partial charge in [0.15, 0.2) is 0 Å². The molecular weight excluding hydrogens is 336 g/mol. The predicted octanol–water partition coefficient (Wildman–Crippen LogP) is 4.57. The molecule has 0 atom stereocenters. The van der Waals surface area contributed by atoms with Crippen LogP contribution in [-0.4, -0.2) is 22.6 Å². The van der Waals surface area contributed by atoms with Gasteiger partial charge >= 0.3 is 0 Å². The number of para-hydroxylation sites is 2. The summed E-state index contributed by atoms with van der Waals surface area (Å²) < 4.78 is 5.87. The van der Waals surface area contributed by atoms with Crippen molar-refractivity contribution in [1.29, 1.82) is 0 Å². The van der Waals surface area contributed by atoms with Crippen LogP contribution in [0, 0.1) is 0 Å². The maximum atomic E-state index is 5.87. The fourth-order valence-corrected chi connectivity index (χ4v) is 3.32. The molecule has 0 saturated carbocycles. The minimum absolute atomic E-state index is 0.105. The van der Waals surface area contributed by atoms with Crippen molar-refractivity contribution in [3.63, 3.8) is 0 Å². The van der Waals surface area contributed by atoms with E-state index in [2.05, 4.69) is 39.5 Å². The number of ether oxygens (including phenoxy) is 1. The number of hydrogen-bond acceptors (Lipinski definition) is 5. The average Bonchev–Trinajstić information content (AvgIpc) is 2.69. The maximum Gasteiger partial charge on any atom is 0.229 e. The lowest BCUT2D eigenvalue weighted by Crippen LogP contribution is -2.31. The van der Waals surface area contributed by atoms with Crippen LogP contribution in [-0.2, 0) is 13.0 Å². The Morgan fingerprint density at radius 2 is 1.78 bits per heavy atom. The molecule has 0 spiro atoms. The minimum Gasteiger partial charge on any atom is -0.489 e. The maximum absolute atomic E-state index is 5.87. The second-order valence-electron chi connectivity index (χ2n) is 6.97. The Balaban J connectivity index is 1.54. The van der Waals surface area contributed by atoms with Crippen molar-refractivity contribution >= 4 is 17.5 Å². The quantitative estimate of drug-likeness (QED) is 0.722. The third-order valence-electron chi connectivity index (χ3n) is 4.59. The molecule has 1 aliphatic heterocycles. The van der Waals surface area contributed by atoms with Gasteiger partial charge in [-0.1, -0.05) is 36.4 Å². The van der Waals surface area contributed by atoms with Gasteiger partial charge in [-0.3, -0.25) is 0 Å². The minimum atomic E-state index is 0.105. The summed E-state index contributed by atoms with van der Waals surface area (Å²) >= 11 is 0. The van der Waals surface area contributed by atoms with E-state index in [0.717, 1.165) is 36.8 Å². The third kappa shape index (κ3) is 4.03. The smallest absolute Gasteiger partial charge is 0.229 e. The molecule has 0 fully saturated rings. The van der Waals surface area contributed by atoms with E-state index in [9.17, 15) is 0 Å². The summed E-state index contributed by atoms with van der Waals surface area (Å²) in [4.78, 5) is 11.4. The molecule has 1 aliphatic rings. The van der Waals surface area contributed by atoms with Gasteiger partial charge in [0, 0.05) is 19.3 Å². The van der Waals surface area contributed by atoms with Gasteiger partial charge in [0.05, 0.1) is 11.8 Å².